The molecular formula is C38H53N5O7. The summed E-state index contributed by atoms with van der Waals surface area (Å²) in [6.45, 7) is 13.3. The summed E-state index contributed by atoms with van der Waals surface area (Å²) in [6.07, 6.45) is 0.575. The monoisotopic (exact) mass is 691 g/mol. The quantitative estimate of drug-likeness (QED) is 0.219. The van der Waals surface area contributed by atoms with Crippen LogP contribution in [0.2, 0.25) is 0 Å². The average Bonchev–Trinajstić information content (AvgIpc) is 3.66. The van der Waals surface area contributed by atoms with E-state index in [0.29, 0.717) is 25.8 Å². The molecule has 2 aromatic rings. The van der Waals surface area contributed by atoms with Gasteiger partial charge in [-0.2, -0.15) is 0 Å². The molecule has 12 heteroatoms. The molecule has 4 N–H and O–H groups in total. The highest BCUT2D eigenvalue weighted by molar-refractivity contribution is 5.94. The van der Waals surface area contributed by atoms with Gasteiger partial charge in [0.1, 0.15) is 30.3 Å². The molecule has 1 aliphatic carbocycles. The van der Waals surface area contributed by atoms with E-state index in [1.165, 1.54) is 4.90 Å². The Morgan fingerprint density at radius 3 is 2.06 bits per heavy atom. The minimum atomic E-state index is -0.947. The molecule has 12 nitrogen and oxygen atoms in total. The predicted octanol–water partition coefficient (Wildman–Crippen LogP) is 4.86. The molecule has 0 saturated carbocycles. The van der Waals surface area contributed by atoms with Crippen molar-refractivity contribution in [2.45, 2.75) is 110 Å². The van der Waals surface area contributed by atoms with Gasteiger partial charge in [0.2, 0.25) is 17.7 Å². The Morgan fingerprint density at radius 2 is 1.48 bits per heavy atom. The van der Waals surface area contributed by atoms with E-state index in [1.807, 2.05) is 38.1 Å². The van der Waals surface area contributed by atoms with Gasteiger partial charge >= 0.3 is 12.2 Å². The summed E-state index contributed by atoms with van der Waals surface area (Å²) < 4.78 is 11.1. The third-order valence-electron chi connectivity index (χ3n) is 8.78. The smallest absolute Gasteiger partial charge is 0.410 e. The standard InChI is InChI=1S/C38H53N5O7/c1-23(2)32(42-34(45)31-19-13-21-43(31)37(48)50-38(5,6)7)35(46)41-30(33(44)40-24(3)4)18-12-20-39-36(47)49-22-29-27-16-10-8-14-25(27)26-15-9-11-17-28(26)29/h8-11,14-17,23-24,29-32H,12-13,18-22H2,1-7H3,(H,39,47)(H,40,44)(H,41,46)(H,42,45)/t30-,31?,32-/m0/s1. The van der Waals surface area contributed by atoms with E-state index in [2.05, 4.69) is 45.5 Å². The second-order valence-corrected chi connectivity index (χ2v) is 14.7. The van der Waals surface area contributed by atoms with Crippen LogP contribution < -0.4 is 21.3 Å². The molecule has 1 aliphatic heterocycles. The fraction of sp³-hybridized carbons (Fsp3) is 0.553. The van der Waals surface area contributed by atoms with E-state index in [9.17, 15) is 24.0 Å². The third kappa shape index (κ3) is 9.98. The van der Waals surface area contributed by atoms with Crippen molar-refractivity contribution in [3.05, 3.63) is 59.7 Å². The molecule has 2 aliphatic rings. The van der Waals surface area contributed by atoms with E-state index in [0.717, 1.165) is 22.3 Å². The molecule has 272 valence electrons. The minimum absolute atomic E-state index is 0.0593. The van der Waals surface area contributed by atoms with E-state index < -0.39 is 47.7 Å². The van der Waals surface area contributed by atoms with Crippen LogP contribution in [0.5, 0.6) is 0 Å². The summed E-state index contributed by atoms with van der Waals surface area (Å²) in [4.78, 5) is 66.9. The Bertz CT molecular complexity index is 1490. The van der Waals surface area contributed by atoms with Crippen molar-refractivity contribution in [1.82, 2.24) is 26.2 Å². The molecule has 3 atom stereocenters. The first-order chi connectivity index (χ1) is 23.7. The zero-order valence-corrected chi connectivity index (χ0v) is 30.3. The molecule has 0 spiro atoms. The fourth-order valence-corrected chi connectivity index (χ4v) is 6.42. The lowest BCUT2D eigenvalue weighted by atomic mass is 9.98. The van der Waals surface area contributed by atoms with Crippen molar-refractivity contribution in [1.29, 1.82) is 0 Å². The van der Waals surface area contributed by atoms with Crippen molar-refractivity contribution in [2.24, 2.45) is 5.92 Å². The SMILES string of the molecule is CC(C)NC(=O)[C@H](CCCNC(=O)OCC1c2ccccc2-c2ccccc21)NC(=O)[C@@H](NC(=O)C1CCCN1C(=O)OC(C)(C)C)C(C)C. The van der Waals surface area contributed by atoms with E-state index in [4.69, 9.17) is 9.47 Å². The maximum atomic E-state index is 13.6. The lowest BCUT2D eigenvalue weighted by molar-refractivity contribution is -0.134. The molecule has 2 aromatic carbocycles. The third-order valence-corrected chi connectivity index (χ3v) is 8.78. The van der Waals surface area contributed by atoms with Gasteiger partial charge in [-0.3, -0.25) is 19.3 Å². The molecule has 0 radical (unpaired) electrons. The molecule has 5 amide bonds. The predicted molar refractivity (Wildman–Crippen MR) is 190 cm³/mol. The summed E-state index contributed by atoms with van der Waals surface area (Å²) in [5, 5.41) is 11.2. The summed E-state index contributed by atoms with van der Waals surface area (Å²) in [7, 11) is 0. The first-order valence-electron chi connectivity index (χ1n) is 17.7. The normalized spacial score (nSPS) is 16.7. The van der Waals surface area contributed by atoms with Crippen LogP contribution in [0.25, 0.3) is 11.1 Å². The maximum absolute atomic E-state index is 13.6. The highest BCUT2D eigenvalue weighted by Crippen LogP contribution is 2.44. The maximum Gasteiger partial charge on any atom is 0.410 e. The number of ether oxygens (including phenoxy) is 2. The van der Waals surface area contributed by atoms with Crippen LogP contribution in [-0.4, -0.2) is 84.3 Å². The van der Waals surface area contributed by atoms with E-state index in [-0.39, 0.29) is 43.4 Å². The highest BCUT2D eigenvalue weighted by atomic mass is 16.6. The number of amides is 5. The largest absolute Gasteiger partial charge is 0.449 e. The van der Waals surface area contributed by atoms with Gasteiger partial charge in [0.05, 0.1) is 0 Å². The summed E-state index contributed by atoms with van der Waals surface area (Å²) in [6, 6.07) is 13.4. The van der Waals surface area contributed by atoms with E-state index >= 15 is 0 Å². The molecule has 1 unspecified atom stereocenters. The molecule has 50 heavy (non-hydrogen) atoms. The van der Waals surface area contributed by atoms with Crippen LogP contribution in [0.3, 0.4) is 0 Å². The number of likely N-dealkylation sites (tertiary alicyclic amines) is 1. The first kappa shape index (κ1) is 38.2. The fourth-order valence-electron chi connectivity index (χ4n) is 6.42. The molecule has 0 bridgehead atoms. The lowest BCUT2D eigenvalue weighted by Crippen LogP contribution is -2.58. The number of carbonyl (C=O) groups excluding carboxylic acids is 5. The zero-order chi connectivity index (χ0) is 36.6. The number of alkyl carbamates (subject to hydrolysis) is 1. The van der Waals surface area contributed by atoms with Gasteiger partial charge in [-0.05, 0) is 88.5 Å². The molecule has 4 rings (SSSR count). The van der Waals surface area contributed by atoms with Gasteiger partial charge in [-0.15, -0.1) is 0 Å². The molecule has 0 aromatic heterocycles. The van der Waals surface area contributed by atoms with Crippen molar-refractivity contribution in [3.63, 3.8) is 0 Å². The highest BCUT2D eigenvalue weighted by Gasteiger charge is 2.39. The second-order valence-electron chi connectivity index (χ2n) is 14.7. The van der Waals surface area contributed by atoms with Gasteiger partial charge in [-0.1, -0.05) is 62.4 Å². The number of fused-ring (bicyclic) bond motifs is 3. The van der Waals surface area contributed by atoms with Gasteiger partial charge in [0, 0.05) is 25.0 Å². The number of rotatable bonds is 13. The van der Waals surface area contributed by atoms with Crippen molar-refractivity contribution < 1.29 is 33.4 Å². The van der Waals surface area contributed by atoms with Crippen LogP contribution in [0, 0.1) is 5.92 Å². The topological polar surface area (TPSA) is 155 Å². The van der Waals surface area contributed by atoms with Crippen LogP contribution >= 0.6 is 0 Å². The van der Waals surface area contributed by atoms with Gasteiger partial charge in [0.15, 0.2) is 0 Å². The van der Waals surface area contributed by atoms with Crippen LogP contribution in [0.15, 0.2) is 48.5 Å². The van der Waals surface area contributed by atoms with E-state index in [1.54, 1.807) is 34.6 Å². The first-order valence-corrected chi connectivity index (χ1v) is 17.7. The van der Waals surface area contributed by atoms with Gasteiger partial charge in [-0.25, -0.2) is 9.59 Å². The zero-order valence-electron chi connectivity index (χ0n) is 30.3. The molecule has 1 heterocycles. The van der Waals surface area contributed by atoms with Crippen LogP contribution in [0.1, 0.15) is 91.2 Å². The van der Waals surface area contributed by atoms with Crippen LogP contribution in [0.4, 0.5) is 9.59 Å². The molecule has 1 saturated heterocycles. The van der Waals surface area contributed by atoms with Gasteiger partial charge in [0.25, 0.3) is 0 Å². The number of hydrogen-bond acceptors (Lipinski definition) is 7. The van der Waals surface area contributed by atoms with Crippen molar-refractivity contribution in [3.8, 4) is 11.1 Å². The van der Waals surface area contributed by atoms with Gasteiger partial charge < -0.3 is 30.7 Å². The Labute approximate surface area is 295 Å². The molecular weight excluding hydrogens is 638 g/mol. The molecule has 1 fully saturated rings. The summed E-state index contributed by atoms with van der Waals surface area (Å²) in [5.74, 6) is -1.69. The number of hydrogen-bond donors (Lipinski definition) is 4. The second kappa shape index (κ2) is 16.9. The minimum Gasteiger partial charge on any atom is -0.449 e. The number of benzene rings is 2. The average molecular weight is 692 g/mol. The Balaban J connectivity index is 1.31. The summed E-state index contributed by atoms with van der Waals surface area (Å²) >= 11 is 0. The van der Waals surface area contributed by atoms with Crippen molar-refractivity contribution >= 4 is 29.9 Å². The summed E-state index contributed by atoms with van der Waals surface area (Å²) in [5.41, 5.74) is 3.82. The number of nitrogens with zero attached hydrogens (tertiary/aromatic N) is 1. The Hall–Kier alpha value is -4.61. The van der Waals surface area contributed by atoms with Crippen LogP contribution in [-0.2, 0) is 23.9 Å². The number of nitrogens with one attached hydrogen (secondary N) is 4. The Kier molecular flexibility index (Phi) is 12.9. The van der Waals surface area contributed by atoms with Crippen molar-refractivity contribution in [2.75, 3.05) is 19.7 Å². The lowest BCUT2D eigenvalue weighted by Gasteiger charge is -2.30. The number of carbonyl (C=O) groups is 5. The Morgan fingerprint density at radius 1 is 0.860 bits per heavy atom.